The Morgan fingerprint density at radius 2 is 1.97 bits per heavy atom. The Balaban J connectivity index is 1.52. The van der Waals surface area contributed by atoms with Crippen LogP contribution in [0.25, 0.3) is 5.69 Å². The molecule has 1 N–H and O–H groups in total. The summed E-state index contributed by atoms with van der Waals surface area (Å²) in [6.45, 7) is 7.00. The third-order valence-corrected chi connectivity index (χ3v) is 6.01. The topological polar surface area (TPSA) is 63.1 Å². The van der Waals surface area contributed by atoms with Crippen molar-refractivity contribution in [2.24, 2.45) is 0 Å². The monoisotopic (exact) mass is 417 g/mol. The van der Waals surface area contributed by atoms with Crippen LogP contribution < -0.4 is 5.32 Å². The summed E-state index contributed by atoms with van der Waals surface area (Å²) in [4.78, 5) is 19.9. The number of likely N-dealkylation sites (N-methyl/N-ethyl adjacent to an activating group) is 1. The summed E-state index contributed by atoms with van der Waals surface area (Å²) in [7, 11) is 0. The van der Waals surface area contributed by atoms with Crippen molar-refractivity contribution in [3.8, 4) is 5.69 Å². The summed E-state index contributed by atoms with van der Waals surface area (Å²) in [5.74, 6) is 0.844. The Labute approximate surface area is 184 Å². The number of aryl methyl sites for hydroxylation is 3. The van der Waals surface area contributed by atoms with Crippen LogP contribution in [0.5, 0.6) is 0 Å². The molecule has 6 heteroatoms. The van der Waals surface area contributed by atoms with E-state index in [-0.39, 0.29) is 11.7 Å². The number of nitrogens with one attached hydrogen (secondary N) is 1. The van der Waals surface area contributed by atoms with Gasteiger partial charge in [-0.15, -0.1) is 5.10 Å². The molecule has 1 aliphatic heterocycles. The Bertz CT molecular complexity index is 1010. The molecule has 0 unspecified atom stereocenters. The highest BCUT2D eigenvalue weighted by Gasteiger charge is 2.24. The van der Waals surface area contributed by atoms with E-state index < -0.39 is 0 Å². The second-order valence-corrected chi connectivity index (χ2v) is 8.22. The van der Waals surface area contributed by atoms with Crippen LogP contribution in [0.15, 0.2) is 54.6 Å². The lowest BCUT2D eigenvalue weighted by Gasteiger charge is -2.22. The number of hydrogen-bond donors (Lipinski definition) is 1. The van der Waals surface area contributed by atoms with Gasteiger partial charge in [-0.2, -0.15) is 0 Å². The molecule has 2 heterocycles. The molecule has 1 fully saturated rings. The summed E-state index contributed by atoms with van der Waals surface area (Å²) in [5.41, 5.74) is 3.32. The fraction of sp³-hybridized carbons (Fsp3) is 0.400. The Morgan fingerprint density at radius 3 is 2.74 bits per heavy atom. The Hall–Kier alpha value is -2.99. The molecule has 1 amide bonds. The van der Waals surface area contributed by atoms with E-state index in [1.54, 1.807) is 0 Å². The van der Waals surface area contributed by atoms with Gasteiger partial charge in [0.15, 0.2) is 0 Å². The zero-order chi connectivity index (χ0) is 21.6. The molecule has 0 spiro atoms. The first-order valence-corrected chi connectivity index (χ1v) is 11.2. The van der Waals surface area contributed by atoms with Crippen LogP contribution in [0, 0.1) is 6.92 Å². The van der Waals surface area contributed by atoms with Crippen molar-refractivity contribution < 1.29 is 4.79 Å². The van der Waals surface area contributed by atoms with Crippen LogP contribution in [-0.2, 0) is 12.8 Å². The average molecular weight is 418 g/mol. The molecule has 31 heavy (non-hydrogen) atoms. The van der Waals surface area contributed by atoms with Gasteiger partial charge in [0.05, 0.1) is 5.69 Å². The van der Waals surface area contributed by atoms with E-state index in [1.807, 2.05) is 35.0 Å². The summed E-state index contributed by atoms with van der Waals surface area (Å²) < 4.78 is 1.82. The minimum Gasteiger partial charge on any atom is -0.348 e. The summed E-state index contributed by atoms with van der Waals surface area (Å²) >= 11 is 0. The standard InChI is InChI=1S/C25H31N5O/c1-3-29-16-8-13-22(29)18-26-25(31)24-27-23(15-14-20-10-5-4-6-11-20)30(28-24)21-12-7-9-19(2)17-21/h4-7,9-12,17,22H,3,8,13-16,18H2,1-2H3,(H,26,31)/t22-/m1/s1. The summed E-state index contributed by atoms with van der Waals surface area (Å²) in [5, 5.41) is 7.66. The van der Waals surface area contributed by atoms with Crippen molar-refractivity contribution >= 4 is 5.91 Å². The predicted molar refractivity (Wildman–Crippen MR) is 123 cm³/mol. The molecule has 4 rings (SSSR count). The van der Waals surface area contributed by atoms with E-state index >= 15 is 0 Å². The normalized spacial score (nSPS) is 16.5. The lowest BCUT2D eigenvalue weighted by atomic mass is 10.1. The fourth-order valence-corrected chi connectivity index (χ4v) is 4.30. The highest BCUT2D eigenvalue weighted by atomic mass is 16.2. The molecule has 1 aromatic heterocycles. The van der Waals surface area contributed by atoms with Crippen LogP contribution in [0.2, 0.25) is 0 Å². The number of hydrogen-bond acceptors (Lipinski definition) is 4. The third kappa shape index (κ3) is 5.20. The molecular weight excluding hydrogens is 386 g/mol. The minimum absolute atomic E-state index is 0.199. The number of likely N-dealkylation sites (tertiary alicyclic amines) is 1. The molecule has 0 radical (unpaired) electrons. The fourth-order valence-electron chi connectivity index (χ4n) is 4.30. The van der Waals surface area contributed by atoms with E-state index in [4.69, 9.17) is 0 Å². The van der Waals surface area contributed by atoms with Gasteiger partial charge in [-0.3, -0.25) is 9.69 Å². The zero-order valence-electron chi connectivity index (χ0n) is 18.4. The van der Waals surface area contributed by atoms with Crippen molar-refractivity contribution in [2.75, 3.05) is 19.6 Å². The van der Waals surface area contributed by atoms with Gasteiger partial charge >= 0.3 is 0 Å². The Morgan fingerprint density at radius 1 is 1.13 bits per heavy atom. The van der Waals surface area contributed by atoms with Crippen LogP contribution in [-0.4, -0.2) is 51.2 Å². The molecule has 0 aliphatic carbocycles. The highest BCUT2D eigenvalue weighted by Crippen LogP contribution is 2.17. The Kier molecular flexibility index (Phi) is 6.77. The number of carbonyl (C=O) groups is 1. The third-order valence-electron chi connectivity index (χ3n) is 6.01. The van der Waals surface area contributed by atoms with E-state index in [9.17, 15) is 4.79 Å². The number of rotatable bonds is 8. The maximum Gasteiger partial charge on any atom is 0.291 e. The second kappa shape index (κ2) is 9.88. The predicted octanol–water partition coefficient (Wildman–Crippen LogP) is 3.58. The van der Waals surface area contributed by atoms with Crippen LogP contribution in [0.1, 0.15) is 47.3 Å². The van der Waals surface area contributed by atoms with Gasteiger partial charge < -0.3 is 5.32 Å². The van der Waals surface area contributed by atoms with Gasteiger partial charge in [-0.1, -0.05) is 49.4 Å². The minimum atomic E-state index is -0.199. The zero-order valence-corrected chi connectivity index (χ0v) is 18.4. The lowest BCUT2D eigenvalue weighted by molar-refractivity contribution is 0.0931. The molecule has 162 valence electrons. The molecular formula is C25H31N5O. The first kappa shape index (κ1) is 21.2. The maximum absolute atomic E-state index is 12.9. The van der Waals surface area contributed by atoms with E-state index in [0.717, 1.165) is 43.0 Å². The largest absolute Gasteiger partial charge is 0.348 e. The maximum atomic E-state index is 12.9. The lowest BCUT2D eigenvalue weighted by Crippen LogP contribution is -2.40. The second-order valence-electron chi connectivity index (χ2n) is 8.22. The molecule has 0 bridgehead atoms. The number of aromatic nitrogens is 3. The molecule has 3 aromatic rings. The molecule has 1 aliphatic rings. The van der Waals surface area contributed by atoms with Gasteiger partial charge in [0.1, 0.15) is 5.82 Å². The van der Waals surface area contributed by atoms with Gasteiger partial charge in [0.2, 0.25) is 5.82 Å². The molecule has 2 aromatic carbocycles. The van der Waals surface area contributed by atoms with Crippen molar-refractivity contribution in [1.29, 1.82) is 0 Å². The SMILES string of the molecule is CCN1CCC[C@@H]1CNC(=O)c1nc(CCc2ccccc2)n(-c2cccc(C)c2)n1. The molecule has 1 atom stereocenters. The summed E-state index contributed by atoms with van der Waals surface area (Å²) in [6, 6.07) is 18.9. The van der Waals surface area contributed by atoms with E-state index in [1.165, 1.54) is 12.0 Å². The van der Waals surface area contributed by atoms with Crippen molar-refractivity contribution in [2.45, 2.75) is 45.6 Å². The number of amides is 1. The van der Waals surface area contributed by atoms with Crippen molar-refractivity contribution in [3.05, 3.63) is 77.4 Å². The van der Waals surface area contributed by atoms with E-state index in [0.29, 0.717) is 19.0 Å². The summed E-state index contributed by atoms with van der Waals surface area (Å²) in [6.07, 6.45) is 3.88. The van der Waals surface area contributed by atoms with Crippen LogP contribution >= 0.6 is 0 Å². The van der Waals surface area contributed by atoms with Crippen LogP contribution in [0.4, 0.5) is 0 Å². The van der Waals surface area contributed by atoms with Gasteiger partial charge in [0, 0.05) is 19.0 Å². The quantitative estimate of drug-likeness (QED) is 0.609. The molecule has 6 nitrogen and oxygen atoms in total. The first-order chi connectivity index (χ1) is 15.1. The van der Waals surface area contributed by atoms with Crippen molar-refractivity contribution in [1.82, 2.24) is 25.0 Å². The number of benzene rings is 2. The number of nitrogens with zero attached hydrogens (tertiary/aromatic N) is 4. The van der Waals surface area contributed by atoms with E-state index in [2.05, 4.69) is 58.4 Å². The van der Waals surface area contributed by atoms with Crippen molar-refractivity contribution in [3.63, 3.8) is 0 Å². The van der Waals surface area contributed by atoms with Gasteiger partial charge in [-0.25, -0.2) is 9.67 Å². The van der Waals surface area contributed by atoms with Gasteiger partial charge in [0.25, 0.3) is 5.91 Å². The number of carbonyl (C=O) groups excluding carboxylic acids is 1. The first-order valence-electron chi connectivity index (χ1n) is 11.2. The average Bonchev–Trinajstić information content (AvgIpc) is 3.43. The highest BCUT2D eigenvalue weighted by molar-refractivity contribution is 5.90. The smallest absolute Gasteiger partial charge is 0.291 e. The van der Waals surface area contributed by atoms with Gasteiger partial charge in [-0.05, 0) is 62.5 Å². The van der Waals surface area contributed by atoms with Crippen LogP contribution in [0.3, 0.4) is 0 Å². The molecule has 0 saturated carbocycles. The molecule has 1 saturated heterocycles.